The van der Waals surface area contributed by atoms with Gasteiger partial charge in [-0.15, -0.1) is 0 Å². The van der Waals surface area contributed by atoms with Crippen LogP contribution in [0.2, 0.25) is 0 Å². The molecule has 1 fully saturated rings. The average molecular weight is 209 g/mol. The van der Waals surface area contributed by atoms with Gasteiger partial charge in [0, 0.05) is 11.6 Å². The first-order valence-corrected chi connectivity index (χ1v) is 5.71. The summed E-state index contributed by atoms with van der Waals surface area (Å²) in [7, 11) is 2.17. The van der Waals surface area contributed by atoms with Crippen LogP contribution in [0.5, 0.6) is 0 Å². The van der Waals surface area contributed by atoms with Crippen LogP contribution in [0.25, 0.3) is 0 Å². The minimum absolute atomic E-state index is 0.200. The van der Waals surface area contributed by atoms with Gasteiger partial charge < -0.3 is 5.73 Å². The van der Waals surface area contributed by atoms with Gasteiger partial charge in [0.1, 0.15) is 5.54 Å². The SMILES string of the molecule is CN(C1CCC(N)(C#N)CC1)C(C)(C)C. The molecule has 0 aliphatic heterocycles. The third-order valence-corrected chi connectivity index (χ3v) is 3.68. The normalized spacial score (nSPS) is 32.7. The van der Waals surface area contributed by atoms with Gasteiger partial charge in [-0.05, 0) is 53.5 Å². The van der Waals surface area contributed by atoms with Crippen LogP contribution in [0.15, 0.2) is 0 Å². The average Bonchev–Trinajstić information content (AvgIpc) is 2.17. The first-order chi connectivity index (χ1) is 6.78. The van der Waals surface area contributed by atoms with Crippen molar-refractivity contribution in [3.8, 4) is 6.07 Å². The van der Waals surface area contributed by atoms with E-state index < -0.39 is 5.54 Å². The first-order valence-electron chi connectivity index (χ1n) is 5.71. The summed E-state index contributed by atoms with van der Waals surface area (Å²) in [6, 6.07) is 2.82. The molecule has 0 saturated heterocycles. The second-order valence-electron chi connectivity index (χ2n) is 5.78. The zero-order valence-electron chi connectivity index (χ0n) is 10.4. The quantitative estimate of drug-likeness (QED) is 0.717. The molecule has 3 nitrogen and oxygen atoms in total. The van der Waals surface area contributed by atoms with E-state index in [4.69, 9.17) is 11.0 Å². The highest BCUT2D eigenvalue weighted by molar-refractivity contribution is 5.08. The second-order valence-corrected chi connectivity index (χ2v) is 5.78. The summed E-state index contributed by atoms with van der Waals surface area (Å²) >= 11 is 0. The third-order valence-electron chi connectivity index (χ3n) is 3.68. The molecule has 0 spiro atoms. The molecular weight excluding hydrogens is 186 g/mol. The highest BCUT2D eigenvalue weighted by Gasteiger charge is 2.35. The minimum atomic E-state index is -0.560. The number of nitrogens with zero attached hydrogens (tertiary/aromatic N) is 2. The van der Waals surface area contributed by atoms with Gasteiger partial charge in [-0.2, -0.15) is 5.26 Å². The molecule has 1 aliphatic rings. The van der Waals surface area contributed by atoms with Crippen molar-refractivity contribution in [1.29, 1.82) is 5.26 Å². The Kier molecular flexibility index (Phi) is 3.42. The zero-order valence-corrected chi connectivity index (χ0v) is 10.4. The topological polar surface area (TPSA) is 53.0 Å². The maximum Gasteiger partial charge on any atom is 0.104 e. The molecule has 1 aliphatic carbocycles. The Morgan fingerprint density at radius 1 is 1.33 bits per heavy atom. The lowest BCUT2D eigenvalue weighted by Gasteiger charge is -2.43. The van der Waals surface area contributed by atoms with Crippen molar-refractivity contribution in [3.63, 3.8) is 0 Å². The largest absolute Gasteiger partial charge is 0.313 e. The van der Waals surface area contributed by atoms with Crippen LogP contribution in [0.1, 0.15) is 46.5 Å². The van der Waals surface area contributed by atoms with Crippen molar-refractivity contribution in [2.75, 3.05) is 7.05 Å². The number of hydrogen-bond acceptors (Lipinski definition) is 3. The smallest absolute Gasteiger partial charge is 0.104 e. The number of nitrogens with two attached hydrogens (primary N) is 1. The summed E-state index contributed by atoms with van der Waals surface area (Å²) in [4.78, 5) is 2.41. The van der Waals surface area contributed by atoms with Gasteiger partial charge in [-0.3, -0.25) is 4.90 Å². The zero-order chi connectivity index (χ0) is 11.7. The molecule has 0 aromatic rings. The van der Waals surface area contributed by atoms with Crippen molar-refractivity contribution < 1.29 is 0 Å². The predicted octanol–water partition coefficient (Wildman–Crippen LogP) is 1.88. The summed E-state index contributed by atoms with van der Waals surface area (Å²) in [6.45, 7) is 6.67. The van der Waals surface area contributed by atoms with E-state index in [2.05, 4.69) is 38.8 Å². The Morgan fingerprint density at radius 2 is 1.80 bits per heavy atom. The van der Waals surface area contributed by atoms with E-state index in [9.17, 15) is 0 Å². The van der Waals surface area contributed by atoms with Gasteiger partial charge >= 0.3 is 0 Å². The summed E-state index contributed by atoms with van der Waals surface area (Å²) in [5.41, 5.74) is 5.59. The standard InChI is InChI=1S/C12H23N3/c1-11(2,3)15(4)10-5-7-12(14,9-13)8-6-10/h10H,5-8,14H2,1-4H3. The summed E-state index contributed by atoms with van der Waals surface area (Å²) in [5, 5.41) is 8.95. The summed E-state index contributed by atoms with van der Waals surface area (Å²) in [6.07, 6.45) is 3.73. The lowest BCUT2D eigenvalue weighted by Crippen LogP contribution is -2.51. The third kappa shape index (κ3) is 2.93. The van der Waals surface area contributed by atoms with Gasteiger partial charge in [-0.25, -0.2) is 0 Å². The fourth-order valence-corrected chi connectivity index (χ4v) is 2.16. The Morgan fingerprint density at radius 3 is 2.13 bits per heavy atom. The Labute approximate surface area is 93.2 Å². The van der Waals surface area contributed by atoms with Crippen molar-refractivity contribution in [2.24, 2.45) is 5.73 Å². The van der Waals surface area contributed by atoms with Gasteiger partial charge in [0.05, 0.1) is 6.07 Å². The Bertz CT molecular complexity index is 251. The molecule has 15 heavy (non-hydrogen) atoms. The fourth-order valence-electron chi connectivity index (χ4n) is 2.16. The van der Waals surface area contributed by atoms with Crippen LogP contribution in [0.4, 0.5) is 0 Å². The van der Waals surface area contributed by atoms with Crippen LogP contribution >= 0.6 is 0 Å². The first kappa shape index (κ1) is 12.5. The summed E-state index contributed by atoms with van der Waals surface area (Å²) < 4.78 is 0. The van der Waals surface area contributed by atoms with Crippen LogP contribution in [-0.4, -0.2) is 29.1 Å². The molecule has 0 bridgehead atoms. The monoisotopic (exact) mass is 209 g/mol. The summed E-state index contributed by atoms with van der Waals surface area (Å²) in [5.74, 6) is 0. The molecular formula is C12H23N3. The van der Waals surface area contributed by atoms with Crippen molar-refractivity contribution >= 4 is 0 Å². The highest BCUT2D eigenvalue weighted by atomic mass is 15.2. The van der Waals surface area contributed by atoms with Crippen LogP contribution in [-0.2, 0) is 0 Å². The number of hydrogen-bond donors (Lipinski definition) is 1. The van der Waals surface area contributed by atoms with E-state index in [0.29, 0.717) is 6.04 Å². The van der Waals surface area contributed by atoms with E-state index in [-0.39, 0.29) is 5.54 Å². The van der Waals surface area contributed by atoms with Gasteiger partial charge in [0.25, 0.3) is 0 Å². The molecule has 3 heteroatoms. The van der Waals surface area contributed by atoms with Crippen LogP contribution < -0.4 is 5.73 Å². The van der Waals surface area contributed by atoms with Crippen molar-refractivity contribution in [3.05, 3.63) is 0 Å². The molecule has 1 saturated carbocycles. The predicted molar refractivity (Wildman–Crippen MR) is 62.3 cm³/mol. The van der Waals surface area contributed by atoms with Gasteiger partial charge in [0.2, 0.25) is 0 Å². The molecule has 0 radical (unpaired) electrons. The molecule has 1 rings (SSSR count). The molecule has 0 atom stereocenters. The molecule has 0 unspecified atom stereocenters. The van der Waals surface area contributed by atoms with Crippen LogP contribution in [0.3, 0.4) is 0 Å². The van der Waals surface area contributed by atoms with Crippen LogP contribution in [0, 0.1) is 11.3 Å². The van der Waals surface area contributed by atoms with E-state index in [1.807, 2.05) is 0 Å². The van der Waals surface area contributed by atoms with Gasteiger partial charge in [-0.1, -0.05) is 0 Å². The van der Waals surface area contributed by atoms with E-state index in [0.717, 1.165) is 25.7 Å². The number of rotatable bonds is 1. The molecule has 0 heterocycles. The van der Waals surface area contributed by atoms with E-state index in [1.165, 1.54) is 0 Å². The Balaban J connectivity index is 2.56. The fraction of sp³-hybridized carbons (Fsp3) is 0.917. The maximum atomic E-state index is 8.95. The molecule has 2 N–H and O–H groups in total. The number of nitriles is 1. The van der Waals surface area contributed by atoms with Crippen molar-refractivity contribution in [1.82, 2.24) is 4.90 Å². The minimum Gasteiger partial charge on any atom is -0.313 e. The lowest BCUT2D eigenvalue weighted by molar-refractivity contribution is 0.0808. The molecule has 86 valence electrons. The highest BCUT2D eigenvalue weighted by Crippen LogP contribution is 2.30. The van der Waals surface area contributed by atoms with Gasteiger partial charge in [0.15, 0.2) is 0 Å². The van der Waals surface area contributed by atoms with E-state index in [1.54, 1.807) is 0 Å². The molecule has 0 amide bonds. The van der Waals surface area contributed by atoms with E-state index >= 15 is 0 Å². The molecule has 0 aromatic carbocycles. The second kappa shape index (κ2) is 4.11. The maximum absolute atomic E-state index is 8.95. The Hall–Kier alpha value is -0.590. The molecule has 0 aromatic heterocycles. The lowest BCUT2D eigenvalue weighted by atomic mass is 9.80. The van der Waals surface area contributed by atoms with Crippen molar-refractivity contribution in [2.45, 2.75) is 63.6 Å².